The first-order chi connectivity index (χ1) is 10.6. The summed E-state index contributed by atoms with van der Waals surface area (Å²) in [7, 11) is 0. The zero-order valence-electron chi connectivity index (χ0n) is 13.0. The molecule has 1 N–H and O–H groups in total. The Morgan fingerprint density at radius 2 is 2.14 bits per heavy atom. The van der Waals surface area contributed by atoms with E-state index in [0.717, 1.165) is 17.7 Å². The molecule has 0 radical (unpaired) electrons. The maximum atomic E-state index is 12.1. The number of carbonyl (C=O) groups is 2. The molecule has 0 aromatic heterocycles. The normalized spacial score (nSPS) is 18.0. The molecular weight excluding hydrogens is 282 g/mol. The Morgan fingerprint density at radius 3 is 2.86 bits per heavy atom. The van der Waals surface area contributed by atoms with Gasteiger partial charge in [0.1, 0.15) is 5.75 Å². The number of ether oxygens (including phenoxy) is 1. The van der Waals surface area contributed by atoms with Crippen molar-refractivity contribution in [2.45, 2.75) is 32.6 Å². The number of hydrogen-bond acceptors (Lipinski definition) is 3. The van der Waals surface area contributed by atoms with Crippen LogP contribution in [0.15, 0.2) is 24.3 Å². The summed E-state index contributed by atoms with van der Waals surface area (Å²) in [4.78, 5) is 24.8. The lowest BCUT2D eigenvalue weighted by atomic mass is 9.98. The molecule has 0 saturated carbocycles. The smallest absolute Gasteiger partial charge is 0.308 e. The van der Waals surface area contributed by atoms with Crippen molar-refractivity contribution >= 4 is 11.9 Å². The van der Waals surface area contributed by atoms with Crippen LogP contribution in [0.5, 0.6) is 5.75 Å². The third kappa shape index (κ3) is 4.48. The maximum absolute atomic E-state index is 12.1. The molecular formula is C17H23NO4. The van der Waals surface area contributed by atoms with Crippen molar-refractivity contribution < 1.29 is 19.4 Å². The number of amides is 1. The number of hydrogen-bond donors (Lipinski definition) is 1. The lowest BCUT2D eigenvalue weighted by Crippen LogP contribution is -2.42. The summed E-state index contributed by atoms with van der Waals surface area (Å²) in [6.45, 7) is 3.49. The second kappa shape index (κ2) is 7.82. The Kier molecular flexibility index (Phi) is 5.81. The van der Waals surface area contributed by atoms with Crippen LogP contribution in [0, 0.1) is 12.8 Å². The number of aryl methyl sites for hydroxylation is 1. The van der Waals surface area contributed by atoms with Crippen LogP contribution in [0.1, 0.15) is 31.2 Å². The first-order valence-corrected chi connectivity index (χ1v) is 7.77. The van der Waals surface area contributed by atoms with Crippen LogP contribution in [-0.2, 0) is 9.59 Å². The predicted molar refractivity (Wildman–Crippen MR) is 82.8 cm³/mol. The molecule has 1 aliphatic heterocycles. The van der Waals surface area contributed by atoms with Gasteiger partial charge >= 0.3 is 5.97 Å². The number of rotatable bonds is 6. The molecule has 1 aliphatic rings. The van der Waals surface area contributed by atoms with Gasteiger partial charge in [0.15, 0.2) is 0 Å². The monoisotopic (exact) mass is 305 g/mol. The first kappa shape index (κ1) is 16.3. The van der Waals surface area contributed by atoms with Gasteiger partial charge in [0.2, 0.25) is 5.91 Å². The van der Waals surface area contributed by atoms with Crippen LogP contribution in [0.3, 0.4) is 0 Å². The van der Waals surface area contributed by atoms with Crippen molar-refractivity contribution in [2.75, 3.05) is 19.7 Å². The Hall–Kier alpha value is -2.04. The molecule has 1 aromatic carbocycles. The zero-order valence-corrected chi connectivity index (χ0v) is 13.0. The molecule has 1 unspecified atom stereocenters. The van der Waals surface area contributed by atoms with Crippen molar-refractivity contribution in [1.29, 1.82) is 0 Å². The minimum atomic E-state index is -0.805. The lowest BCUT2D eigenvalue weighted by molar-refractivity contribution is -0.145. The molecule has 5 nitrogen and oxygen atoms in total. The van der Waals surface area contributed by atoms with E-state index in [0.29, 0.717) is 39.0 Å². The van der Waals surface area contributed by atoms with Crippen LogP contribution in [0.4, 0.5) is 0 Å². The lowest BCUT2D eigenvalue weighted by Gasteiger charge is -2.30. The highest BCUT2D eigenvalue weighted by Crippen LogP contribution is 2.19. The van der Waals surface area contributed by atoms with Crippen molar-refractivity contribution in [1.82, 2.24) is 4.90 Å². The van der Waals surface area contributed by atoms with Crippen molar-refractivity contribution in [2.24, 2.45) is 5.92 Å². The van der Waals surface area contributed by atoms with Gasteiger partial charge in [-0.2, -0.15) is 0 Å². The fourth-order valence-corrected chi connectivity index (χ4v) is 2.69. The maximum Gasteiger partial charge on any atom is 0.308 e. The molecule has 0 aliphatic carbocycles. The van der Waals surface area contributed by atoms with Crippen LogP contribution in [0.25, 0.3) is 0 Å². The number of likely N-dealkylation sites (tertiary alicyclic amines) is 1. The molecule has 1 atom stereocenters. The van der Waals surface area contributed by atoms with Crippen molar-refractivity contribution in [3.63, 3.8) is 0 Å². The second-order valence-electron chi connectivity index (χ2n) is 5.73. The molecule has 1 fully saturated rings. The fraction of sp³-hybridized carbons (Fsp3) is 0.529. The van der Waals surface area contributed by atoms with Crippen LogP contribution in [0.2, 0.25) is 0 Å². The van der Waals surface area contributed by atoms with E-state index in [-0.39, 0.29) is 5.91 Å². The highest BCUT2D eigenvalue weighted by Gasteiger charge is 2.27. The van der Waals surface area contributed by atoms with Crippen LogP contribution in [-0.4, -0.2) is 41.6 Å². The quantitative estimate of drug-likeness (QED) is 0.820. The molecule has 1 amide bonds. The second-order valence-corrected chi connectivity index (χ2v) is 5.73. The van der Waals surface area contributed by atoms with Crippen molar-refractivity contribution in [3.05, 3.63) is 29.8 Å². The standard InChI is InChI=1S/C17H23NO4/c1-13-6-2-3-8-15(13)22-11-5-9-16(19)18-10-4-7-14(12-18)17(20)21/h2-3,6,8,14H,4-5,7,9-12H2,1H3,(H,20,21). The van der Waals surface area contributed by atoms with Gasteiger partial charge < -0.3 is 14.7 Å². The number of carboxylic acids is 1. The van der Waals surface area contributed by atoms with E-state index in [1.807, 2.05) is 31.2 Å². The molecule has 5 heteroatoms. The molecule has 0 spiro atoms. The van der Waals surface area contributed by atoms with E-state index in [1.165, 1.54) is 0 Å². The van der Waals surface area contributed by atoms with Crippen LogP contribution < -0.4 is 4.74 Å². The summed E-state index contributed by atoms with van der Waals surface area (Å²) in [5.74, 6) is -0.348. The van der Waals surface area contributed by atoms with Gasteiger partial charge in [-0.05, 0) is 37.8 Å². The van der Waals surface area contributed by atoms with E-state index in [4.69, 9.17) is 9.84 Å². The van der Waals surface area contributed by atoms with Gasteiger partial charge in [0, 0.05) is 19.5 Å². The van der Waals surface area contributed by atoms with Gasteiger partial charge in [0.25, 0.3) is 0 Å². The summed E-state index contributed by atoms with van der Waals surface area (Å²) in [5, 5.41) is 9.05. The van der Waals surface area contributed by atoms with Gasteiger partial charge in [0.05, 0.1) is 12.5 Å². The molecule has 2 rings (SSSR count). The van der Waals surface area contributed by atoms with Gasteiger partial charge in [-0.3, -0.25) is 9.59 Å². The Balaban J connectivity index is 1.71. The average molecular weight is 305 g/mol. The summed E-state index contributed by atoms with van der Waals surface area (Å²) in [6, 6.07) is 7.79. The van der Waals surface area contributed by atoms with E-state index in [1.54, 1.807) is 4.90 Å². The highest BCUT2D eigenvalue weighted by atomic mass is 16.5. The highest BCUT2D eigenvalue weighted by molar-refractivity contribution is 5.78. The third-order valence-electron chi connectivity index (χ3n) is 4.01. The summed E-state index contributed by atoms with van der Waals surface area (Å²) in [6.07, 6.45) is 2.47. The number of carbonyl (C=O) groups excluding carboxylic acids is 1. The molecule has 0 bridgehead atoms. The molecule has 1 saturated heterocycles. The first-order valence-electron chi connectivity index (χ1n) is 7.77. The van der Waals surface area contributed by atoms with E-state index in [9.17, 15) is 9.59 Å². The number of carboxylic acid groups (broad SMARTS) is 1. The summed E-state index contributed by atoms with van der Waals surface area (Å²) >= 11 is 0. The zero-order chi connectivity index (χ0) is 15.9. The van der Waals surface area contributed by atoms with Crippen LogP contribution >= 0.6 is 0 Å². The van der Waals surface area contributed by atoms with Gasteiger partial charge in [-0.25, -0.2) is 0 Å². The third-order valence-corrected chi connectivity index (χ3v) is 4.01. The van der Waals surface area contributed by atoms with Gasteiger partial charge in [-0.1, -0.05) is 18.2 Å². The van der Waals surface area contributed by atoms with E-state index >= 15 is 0 Å². The minimum absolute atomic E-state index is 0.0272. The van der Waals surface area contributed by atoms with Crippen molar-refractivity contribution in [3.8, 4) is 5.75 Å². The summed E-state index contributed by atoms with van der Waals surface area (Å²) < 4.78 is 5.67. The predicted octanol–water partition coefficient (Wildman–Crippen LogP) is 2.48. The van der Waals surface area contributed by atoms with Gasteiger partial charge in [-0.15, -0.1) is 0 Å². The fourth-order valence-electron chi connectivity index (χ4n) is 2.69. The summed E-state index contributed by atoms with van der Waals surface area (Å²) in [5.41, 5.74) is 1.08. The number of piperidine rings is 1. The minimum Gasteiger partial charge on any atom is -0.493 e. The number of benzene rings is 1. The number of aliphatic carboxylic acids is 1. The van der Waals surface area contributed by atoms with E-state index in [2.05, 4.69) is 0 Å². The molecule has 120 valence electrons. The Labute approximate surface area is 130 Å². The van der Waals surface area contributed by atoms with E-state index < -0.39 is 11.9 Å². The Bertz CT molecular complexity index is 529. The molecule has 1 heterocycles. The topological polar surface area (TPSA) is 66.8 Å². The SMILES string of the molecule is Cc1ccccc1OCCCC(=O)N1CCCC(C(=O)O)C1. The molecule has 1 aromatic rings. The largest absolute Gasteiger partial charge is 0.493 e. The number of para-hydroxylation sites is 1. The average Bonchev–Trinajstić information content (AvgIpc) is 2.53. The number of nitrogens with zero attached hydrogens (tertiary/aromatic N) is 1. The molecule has 22 heavy (non-hydrogen) atoms. The Morgan fingerprint density at radius 1 is 1.36 bits per heavy atom.